The highest BCUT2D eigenvalue weighted by Crippen LogP contribution is 2.27. The zero-order valence-corrected chi connectivity index (χ0v) is 17.5. The van der Waals surface area contributed by atoms with Crippen molar-refractivity contribution in [2.45, 2.75) is 38.8 Å². The molecule has 2 aliphatic rings. The van der Waals surface area contributed by atoms with Gasteiger partial charge in [-0.3, -0.25) is 9.69 Å². The van der Waals surface area contributed by atoms with Crippen LogP contribution in [0.4, 0.5) is 4.39 Å². The van der Waals surface area contributed by atoms with Crippen molar-refractivity contribution in [2.24, 2.45) is 5.92 Å². The lowest BCUT2D eigenvalue weighted by molar-refractivity contribution is -0.136. The molecule has 1 saturated carbocycles. The molecule has 162 valence electrons. The van der Waals surface area contributed by atoms with E-state index in [0.29, 0.717) is 25.2 Å². The minimum atomic E-state index is -0.219. The molecule has 1 aromatic carbocycles. The van der Waals surface area contributed by atoms with E-state index in [4.69, 9.17) is 4.74 Å². The predicted octanol–water partition coefficient (Wildman–Crippen LogP) is 2.92. The molecule has 1 aromatic heterocycles. The number of benzene rings is 1. The Morgan fingerprint density at radius 2 is 1.97 bits per heavy atom. The second kappa shape index (κ2) is 10.2. The van der Waals surface area contributed by atoms with Crippen molar-refractivity contribution in [3.8, 4) is 0 Å². The topological polar surface area (TPSA) is 50.6 Å². The summed E-state index contributed by atoms with van der Waals surface area (Å²) in [4.78, 5) is 22.1. The number of morpholine rings is 1. The summed E-state index contributed by atoms with van der Waals surface area (Å²) < 4.78 is 21.5. The number of carbonyl (C=O) groups is 1. The Morgan fingerprint density at radius 1 is 1.20 bits per heavy atom. The highest BCUT2D eigenvalue weighted by molar-refractivity contribution is 5.79. The Hall–Kier alpha value is -2.25. The molecule has 2 heterocycles. The third-order valence-corrected chi connectivity index (χ3v) is 6.24. The molecule has 4 rings (SSSR count). The molecule has 0 radical (unpaired) electrons. The highest BCUT2D eigenvalue weighted by atomic mass is 19.1. The summed E-state index contributed by atoms with van der Waals surface area (Å²) >= 11 is 0. The van der Waals surface area contributed by atoms with E-state index in [2.05, 4.69) is 9.88 Å². The average Bonchev–Trinajstić information content (AvgIpc) is 3.45. The van der Waals surface area contributed by atoms with E-state index in [-0.39, 0.29) is 17.6 Å². The molecule has 6 nitrogen and oxygen atoms in total. The van der Waals surface area contributed by atoms with Crippen molar-refractivity contribution >= 4 is 5.91 Å². The number of imidazole rings is 1. The lowest BCUT2D eigenvalue weighted by Crippen LogP contribution is -2.44. The van der Waals surface area contributed by atoms with E-state index in [9.17, 15) is 9.18 Å². The number of aromatic nitrogens is 2. The average molecular weight is 415 g/mol. The minimum Gasteiger partial charge on any atom is -0.379 e. The highest BCUT2D eigenvalue weighted by Gasteiger charge is 2.28. The smallest absolute Gasteiger partial charge is 0.226 e. The van der Waals surface area contributed by atoms with Crippen LogP contribution in [0.25, 0.3) is 0 Å². The summed E-state index contributed by atoms with van der Waals surface area (Å²) in [6, 6.07) is 6.80. The molecule has 2 fully saturated rings. The Bertz CT molecular complexity index is 828. The molecule has 0 unspecified atom stereocenters. The van der Waals surface area contributed by atoms with Crippen molar-refractivity contribution in [1.29, 1.82) is 0 Å². The number of halogens is 1. The number of amides is 1. The number of hydrogen-bond donors (Lipinski definition) is 0. The van der Waals surface area contributed by atoms with Crippen LogP contribution >= 0.6 is 0 Å². The Labute approximate surface area is 177 Å². The molecule has 1 aliphatic carbocycles. The number of nitrogens with zero attached hydrogens (tertiary/aromatic N) is 4. The molecular weight excluding hydrogens is 383 g/mol. The maximum Gasteiger partial charge on any atom is 0.226 e. The summed E-state index contributed by atoms with van der Waals surface area (Å²) in [5.74, 6) is 0.945. The molecule has 1 aliphatic heterocycles. The van der Waals surface area contributed by atoms with Crippen molar-refractivity contribution in [3.05, 3.63) is 53.9 Å². The van der Waals surface area contributed by atoms with Gasteiger partial charge in [-0.2, -0.15) is 0 Å². The number of carbonyl (C=O) groups excluding carboxylic acids is 1. The van der Waals surface area contributed by atoms with Crippen molar-refractivity contribution in [3.63, 3.8) is 0 Å². The molecule has 7 heteroatoms. The first kappa shape index (κ1) is 21.0. The van der Waals surface area contributed by atoms with Gasteiger partial charge in [-0.1, -0.05) is 31.0 Å². The van der Waals surface area contributed by atoms with E-state index in [1.54, 1.807) is 18.3 Å². The Morgan fingerprint density at radius 3 is 2.73 bits per heavy atom. The molecule has 0 N–H and O–H groups in total. The first-order valence-electron chi connectivity index (χ1n) is 11.0. The van der Waals surface area contributed by atoms with Crippen LogP contribution in [0.2, 0.25) is 0 Å². The monoisotopic (exact) mass is 414 g/mol. The third-order valence-electron chi connectivity index (χ3n) is 6.24. The summed E-state index contributed by atoms with van der Waals surface area (Å²) in [6.07, 6.45) is 7.83. The molecule has 1 saturated heterocycles. The van der Waals surface area contributed by atoms with Crippen LogP contribution in [0, 0.1) is 11.7 Å². The quantitative estimate of drug-likeness (QED) is 0.667. The Balaban J connectivity index is 1.46. The number of ether oxygens (including phenoxy) is 1. The van der Waals surface area contributed by atoms with Crippen LogP contribution in [0.3, 0.4) is 0 Å². The van der Waals surface area contributed by atoms with Gasteiger partial charge in [-0.15, -0.1) is 0 Å². The minimum absolute atomic E-state index is 0.129. The van der Waals surface area contributed by atoms with Gasteiger partial charge in [-0.25, -0.2) is 9.37 Å². The number of rotatable bonds is 8. The van der Waals surface area contributed by atoms with Crippen LogP contribution in [0.5, 0.6) is 0 Å². The van der Waals surface area contributed by atoms with Crippen LogP contribution in [-0.2, 0) is 22.6 Å². The molecule has 0 bridgehead atoms. The maximum atomic E-state index is 14.1. The van der Waals surface area contributed by atoms with Crippen LogP contribution in [-0.4, -0.2) is 64.7 Å². The number of hydrogen-bond acceptors (Lipinski definition) is 4. The van der Waals surface area contributed by atoms with Crippen LogP contribution in [0.15, 0.2) is 36.7 Å². The van der Waals surface area contributed by atoms with Gasteiger partial charge < -0.3 is 14.2 Å². The van der Waals surface area contributed by atoms with Crippen LogP contribution in [0.1, 0.15) is 37.1 Å². The van der Waals surface area contributed by atoms with E-state index in [1.165, 1.54) is 6.07 Å². The van der Waals surface area contributed by atoms with Crippen molar-refractivity contribution in [2.75, 3.05) is 39.4 Å². The van der Waals surface area contributed by atoms with E-state index in [1.807, 2.05) is 21.7 Å². The zero-order chi connectivity index (χ0) is 20.8. The van der Waals surface area contributed by atoms with Crippen LogP contribution < -0.4 is 0 Å². The molecule has 1 amide bonds. The standard InChI is InChI=1S/C23H31FN4O2/c24-21-8-4-3-7-20(21)17-27-10-9-25-22(27)18-28(23(29)19-5-1-2-6-19)12-11-26-13-15-30-16-14-26/h3-4,7-10,19H,1-2,5-6,11-18H2. The fraction of sp³-hybridized carbons (Fsp3) is 0.565. The van der Waals surface area contributed by atoms with Gasteiger partial charge in [0.1, 0.15) is 11.6 Å². The van der Waals surface area contributed by atoms with Gasteiger partial charge in [0, 0.05) is 50.1 Å². The maximum absolute atomic E-state index is 14.1. The second-order valence-electron chi connectivity index (χ2n) is 8.26. The summed E-state index contributed by atoms with van der Waals surface area (Å²) in [7, 11) is 0. The second-order valence-corrected chi connectivity index (χ2v) is 8.26. The van der Waals surface area contributed by atoms with E-state index >= 15 is 0 Å². The van der Waals surface area contributed by atoms with Gasteiger partial charge in [-0.05, 0) is 18.9 Å². The SMILES string of the molecule is O=C(C1CCCC1)N(CCN1CCOCC1)Cc1nccn1Cc1ccccc1F. The molecule has 30 heavy (non-hydrogen) atoms. The molecule has 0 atom stereocenters. The van der Waals surface area contributed by atoms with Gasteiger partial charge >= 0.3 is 0 Å². The summed E-state index contributed by atoms with van der Waals surface area (Å²) in [6.45, 7) is 5.73. The van der Waals surface area contributed by atoms with Gasteiger partial charge in [0.15, 0.2) is 0 Å². The van der Waals surface area contributed by atoms with E-state index < -0.39 is 0 Å². The lowest BCUT2D eigenvalue weighted by atomic mass is 10.1. The van der Waals surface area contributed by atoms with Gasteiger partial charge in [0.05, 0.1) is 26.3 Å². The zero-order valence-electron chi connectivity index (χ0n) is 17.5. The lowest BCUT2D eigenvalue weighted by Gasteiger charge is -2.31. The van der Waals surface area contributed by atoms with Crippen molar-refractivity contribution < 1.29 is 13.9 Å². The molecule has 0 spiro atoms. The fourth-order valence-corrected chi connectivity index (χ4v) is 4.40. The van der Waals surface area contributed by atoms with E-state index in [0.717, 1.165) is 64.4 Å². The molecule has 2 aromatic rings. The Kier molecular flexibility index (Phi) is 7.12. The normalized spacial score (nSPS) is 18.0. The van der Waals surface area contributed by atoms with Gasteiger partial charge in [0.25, 0.3) is 0 Å². The largest absolute Gasteiger partial charge is 0.379 e. The van der Waals surface area contributed by atoms with Crippen molar-refractivity contribution in [1.82, 2.24) is 19.4 Å². The third kappa shape index (κ3) is 5.26. The summed E-state index contributed by atoms with van der Waals surface area (Å²) in [5, 5.41) is 0. The first-order valence-corrected chi connectivity index (χ1v) is 11.0. The fourth-order valence-electron chi connectivity index (χ4n) is 4.40. The first-order chi connectivity index (χ1) is 14.7. The summed E-state index contributed by atoms with van der Waals surface area (Å²) in [5.41, 5.74) is 0.624. The molecular formula is C23H31FN4O2. The van der Waals surface area contributed by atoms with Gasteiger partial charge in [0.2, 0.25) is 5.91 Å². The predicted molar refractivity (Wildman–Crippen MR) is 112 cm³/mol.